The number of fused-ring (bicyclic) bond motifs is 1. The van der Waals surface area contributed by atoms with E-state index in [1.165, 1.54) is 11.3 Å². The number of anilines is 2. The Morgan fingerprint density at radius 3 is 2.93 bits per heavy atom. The van der Waals surface area contributed by atoms with Crippen LogP contribution in [0.3, 0.4) is 0 Å². The summed E-state index contributed by atoms with van der Waals surface area (Å²) in [5, 5.41) is 7.17. The molecule has 2 aromatic rings. The summed E-state index contributed by atoms with van der Waals surface area (Å²) >= 11 is 11.4. The number of ether oxygens (including phenoxy) is 1. The smallest absolute Gasteiger partial charge is 0.339 e. The van der Waals surface area contributed by atoms with Crippen LogP contribution < -0.4 is 15.5 Å². The Morgan fingerprint density at radius 2 is 2.11 bits per heavy atom. The van der Waals surface area contributed by atoms with Crippen molar-refractivity contribution in [1.29, 1.82) is 0 Å². The van der Waals surface area contributed by atoms with E-state index < -0.39 is 5.97 Å². The predicted molar refractivity (Wildman–Crippen MR) is 119 cm³/mol. The molecule has 0 aromatic heterocycles. The molecule has 148 valence electrons. The van der Waals surface area contributed by atoms with Crippen molar-refractivity contribution in [2.75, 3.05) is 36.5 Å². The molecule has 1 aliphatic heterocycles. The first-order valence-electron chi connectivity index (χ1n) is 9.43. The van der Waals surface area contributed by atoms with E-state index in [0.717, 1.165) is 32.5 Å². The van der Waals surface area contributed by atoms with E-state index in [-0.39, 0.29) is 0 Å². The second kappa shape index (κ2) is 9.75. The third-order valence-electron chi connectivity index (χ3n) is 4.59. The summed E-state index contributed by atoms with van der Waals surface area (Å²) in [6.45, 7) is 4.88. The second-order valence-electron chi connectivity index (χ2n) is 6.52. The van der Waals surface area contributed by atoms with E-state index >= 15 is 0 Å². The van der Waals surface area contributed by atoms with E-state index in [1.54, 1.807) is 25.1 Å². The highest BCUT2D eigenvalue weighted by Crippen LogP contribution is 2.27. The van der Waals surface area contributed by atoms with Crippen LogP contribution in [0.2, 0.25) is 5.02 Å². The van der Waals surface area contributed by atoms with E-state index in [9.17, 15) is 4.79 Å². The fourth-order valence-electron chi connectivity index (χ4n) is 3.25. The van der Waals surface area contributed by atoms with Crippen molar-refractivity contribution in [3.05, 3.63) is 58.6 Å². The molecule has 2 aromatic carbocycles. The summed E-state index contributed by atoms with van der Waals surface area (Å²) < 4.78 is 5.02. The highest BCUT2D eigenvalue weighted by molar-refractivity contribution is 7.80. The molecule has 0 saturated heterocycles. The maximum absolute atomic E-state index is 11.9. The van der Waals surface area contributed by atoms with Crippen molar-refractivity contribution in [2.24, 2.45) is 0 Å². The quantitative estimate of drug-likeness (QED) is 0.399. The Morgan fingerprint density at radius 1 is 1.29 bits per heavy atom. The van der Waals surface area contributed by atoms with Crippen molar-refractivity contribution in [3.8, 4) is 0 Å². The van der Waals surface area contributed by atoms with Crippen LogP contribution in [0.5, 0.6) is 0 Å². The van der Waals surface area contributed by atoms with Crippen molar-refractivity contribution in [3.63, 3.8) is 0 Å². The molecule has 28 heavy (non-hydrogen) atoms. The molecule has 0 saturated carbocycles. The molecule has 2 N–H and O–H groups in total. The molecule has 0 aliphatic carbocycles. The Kier molecular flexibility index (Phi) is 7.12. The first kappa shape index (κ1) is 20.4. The standard InChI is InChI=1S/C21H24ClN3O2S/c1-2-27-20(26)17-14-16(8-9-18(17)22)24-21(28)23-11-5-12-25-13-10-15-6-3-4-7-19(15)25/h3-4,6-9,14H,2,5,10-13H2,1H3,(H2,23,24,28). The molecule has 0 amide bonds. The zero-order valence-electron chi connectivity index (χ0n) is 15.8. The molecule has 0 spiro atoms. The largest absolute Gasteiger partial charge is 0.462 e. The first-order chi connectivity index (χ1) is 13.6. The normalized spacial score (nSPS) is 12.4. The van der Waals surface area contributed by atoms with Crippen LogP contribution in [0, 0.1) is 0 Å². The number of para-hydroxylation sites is 1. The van der Waals surface area contributed by atoms with Crippen LogP contribution in [-0.4, -0.2) is 37.3 Å². The monoisotopic (exact) mass is 417 g/mol. The molecular weight excluding hydrogens is 394 g/mol. The molecule has 0 fully saturated rings. The minimum Gasteiger partial charge on any atom is -0.462 e. The molecule has 0 radical (unpaired) electrons. The van der Waals surface area contributed by atoms with Crippen molar-refractivity contribution < 1.29 is 9.53 Å². The average Bonchev–Trinajstić information content (AvgIpc) is 3.10. The number of hydrogen-bond donors (Lipinski definition) is 2. The van der Waals surface area contributed by atoms with Crippen LogP contribution in [-0.2, 0) is 11.2 Å². The zero-order chi connectivity index (χ0) is 19.9. The van der Waals surface area contributed by atoms with Gasteiger partial charge in [-0.25, -0.2) is 4.79 Å². The number of carbonyl (C=O) groups is 1. The van der Waals surface area contributed by atoms with Gasteiger partial charge in [-0.15, -0.1) is 0 Å². The SMILES string of the molecule is CCOC(=O)c1cc(NC(=S)NCCCN2CCc3ccccc32)ccc1Cl. The first-order valence-corrected chi connectivity index (χ1v) is 10.2. The number of thiocarbonyl (C=S) groups is 1. The predicted octanol–water partition coefficient (Wildman–Crippen LogP) is 4.26. The highest BCUT2D eigenvalue weighted by Gasteiger charge is 2.17. The van der Waals surface area contributed by atoms with Gasteiger partial charge in [0.25, 0.3) is 0 Å². The lowest BCUT2D eigenvalue weighted by Gasteiger charge is -2.19. The lowest BCUT2D eigenvalue weighted by Crippen LogP contribution is -2.32. The van der Waals surface area contributed by atoms with Crippen LogP contribution in [0.1, 0.15) is 29.3 Å². The lowest BCUT2D eigenvalue weighted by molar-refractivity contribution is 0.0526. The van der Waals surface area contributed by atoms with Crippen LogP contribution >= 0.6 is 23.8 Å². The minimum atomic E-state index is -0.444. The molecule has 0 unspecified atom stereocenters. The van der Waals surface area contributed by atoms with Gasteiger partial charge in [-0.1, -0.05) is 29.8 Å². The summed E-state index contributed by atoms with van der Waals surface area (Å²) in [6.07, 6.45) is 2.09. The average molecular weight is 418 g/mol. The number of benzene rings is 2. The maximum Gasteiger partial charge on any atom is 0.339 e. The Labute approximate surface area is 176 Å². The lowest BCUT2D eigenvalue weighted by atomic mass is 10.2. The van der Waals surface area contributed by atoms with Gasteiger partial charge in [-0.3, -0.25) is 0 Å². The summed E-state index contributed by atoms with van der Waals surface area (Å²) in [6, 6.07) is 13.6. The Balaban J connectivity index is 1.45. The second-order valence-corrected chi connectivity index (χ2v) is 7.33. The number of carbonyl (C=O) groups excluding carboxylic acids is 1. The van der Waals surface area contributed by atoms with E-state index in [0.29, 0.717) is 28.0 Å². The number of halogens is 1. The van der Waals surface area contributed by atoms with Crippen molar-refractivity contribution in [2.45, 2.75) is 19.8 Å². The topological polar surface area (TPSA) is 53.6 Å². The van der Waals surface area contributed by atoms with Crippen LogP contribution in [0.25, 0.3) is 0 Å². The van der Waals surface area contributed by atoms with Gasteiger partial charge in [0.05, 0.1) is 17.2 Å². The van der Waals surface area contributed by atoms with Crippen molar-refractivity contribution >= 4 is 46.3 Å². The van der Waals surface area contributed by atoms with Gasteiger partial charge < -0.3 is 20.3 Å². The molecule has 0 atom stereocenters. The van der Waals surface area contributed by atoms with Gasteiger partial charge in [0.15, 0.2) is 5.11 Å². The van der Waals surface area contributed by atoms with Gasteiger partial charge in [0.2, 0.25) is 0 Å². The van der Waals surface area contributed by atoms with E-state index in [4.69, 9.17) is 28.6 Å². The Hall–Kier alpha value is -2.31. The third kappa shape index (κ3) is 5.14. The molecule has 3 rings (SSSR count). The van der Waals surface area contributed by atoms with Crippen LogP contribution in [0.15, 0.2) is 42.5 Å². The van der Waals surface area contributed by atoms with Gasteiger partial charge >= 0.3 is 5.97 Å². The van der Waals surface area contributed by atoms with E-state index in [2.05, 4.69) is 39.8 Å². The van der Waals surface area contributed by atoms with Gasteiger partial charge in [0, 0.05) is 31.0 Å². The van der Waals surface area contributed by atoms with Gasteiger partial charge in [-0.2, -0.15) is 0 Å². The van der Waals surface area contributed by atoms with Crippen LogP contribution in [0.4, 0.5) is 11.4 Å². The highest BCUT2D eigenvalue weighted by atomic mass is 35.5. The Bertz CT molecular complexity index is 859. The summed E-state index contributed by atoms with van der Waals surface area (Å²) in [4.78, 5) is 14.4. The fourth-order valence-corrected chi connectivity index (χ4v) is 3.67. The van der Waals surface area contributed by atoms with Gasteiger partial charge in [-0.05, 0) is 61.8 Å². The summed E-state index contributed by atoms with van der Waals surface area (Å²) in [5.41, 5.74) is 3.78. The molecule has 0 bridgehead atoms. The molecule has 5 nitrogen and oxygen atoms in total. The summed E-state index contributed by atoms with van der Waals surface area (Å²) in [5.74, 6) is -0.444. The molecule has 1 heterocycles. The minimum absolute atomic E-state index is 0.300. The van der Waals surface area contributed by atoms with Gasteiger partial charge in [0.1, 0.15) is 0 Å². The number of rotatable bonds is 7. The zero-order valence-corrected chi connectivity index (χ0v) is 17.4. The maximum atomic E-state index is 11.9. The number of hydrogen-bond acceptors (Lipinski definition) is 4. The summed E-state index contributed by atoms with van der Waals surface area (Å²) in [7, 11) is 0. The number of nitrogens with one attached hydrogen (secondary N) is 2. The van der Waals surface area contributed by atoms with E-state index in [1.807, 2.05) is 0 Å². The fraction of sp³-hybridized carbons (Fsp3) is 0.333. The number of nitrogens with zero attached hydrogens (tertiary/aromatic N) is 1. The molecule has 1 aliphatic rings. The molecule has 7 heteroatoms. The third-order valence-corrected chi connectivity index (χ3v) is 5.17. The van der Waals surface area contributed by atoms with Crippen molar-refractivity contribution in [1.82, 2.24) is 5.32 Å². The molecular formula is C21H24ClN3O2S. The number of esters is 1.